The van der Waals surface area contributed by atoms with Gasteiger partial charge in [0.05, 0.1) is 5.88 Å². The van der Waals surface area contributed by atoms with Gasteiger partial charge in [0.1, 0.15) is 5.82 Å². The fourth-order valence-corrected chi connectivity index (χ4v) is 1.92. The highest BCUT2D eigenvalue weighted by Crippen LogP contribution is 2.10. The lowest BCUT2D eigenvalue weighted by molar-refractivity contribution is 0.705. The molecule has 0 amide bonds. The van der Waals surface area contributed by atoms with Gasteiger partial charge in [0.15, 0.2) is 11.2 Å². The molecule has 0 bridgehead atoms. The van der Waals surface area contributed by atoms with Crippen LogP contribution in [-0.4, -0.2) is 18.7 Å². The van der Waals surface area contributed by atoms with E-state index in [1.807, 2.05) is 0 Å². The third-order valence-corrected chi connectivity index (χ3v) is 2.93. The highest BCUT2D eigenvalue weighted by Gasteiger charge is 2.15. The maximum atomic E-state index is 11.9. The van der Waals surface area contributed by atoms with E-state index in [0.717, 1.165) is 4.57 Å². The van der Waals surface area contributed by atoms with E-state index in [1.54, 1.807) is 18.7 Å². The predicted octanol–water partition coefficient (Wildman–Crippen LogP) is -0.291. The Morgan fingerprint density at radius 2 is 1.75 bits per heavy atom. The molecule has 86 valence electrons. The zero-order chi connectivity index (χ0) is 12.0. The highest BCUT2D eigenvalue weighted by molar-refractivity contribution is 6.16. The zero-order valence-electron chi connectivity index (χ0n) is 9.19. The second-order valence-electron chi connectivity index (χ2n) is 3.60. The number of nitrogens with zero attached hydrogens (tertiary/aromatic N) is 4. The SMILES string of the molecule is Cn1c(=O)c2c(nc(CCl)n2C)n(C)c1=O. The molecule has 2 heterocycles. The average Bonchev–Trinajstić information content (AvgIpc) is 2.61. The molecule has 0 unspecified atom stereocenters. The first-order chi connectivity index (χ1) is 7.49. The van der Waals surface area contributed by atoms with Gasteiger partial charge in [-0.1, -0.05) is 0 Å². The van der Waals surface area contributed by atoms with Gasteiger partial charge < -0.3 is 4.57 Å². The zero-order valence-corrected chi connectivity index (χ0v) is 9.95. The van der Waals surface area contributed by atoms with Gasteiger partial charge in [-0.2, -0.15) is 0 Å². The molecule has 2 aromatic heterocycles. The van der Waals surface area contributed by atoms with E-state index in [2.05, 4.69) is 4.98 Å². The van der Waals surface area contributed by atoms with Gasteiger partial charge >= 0.3 is 5.69 Å². The Morgan fingerprint density at radius 3 is 2.31 bits per heavy atom. The fraction of sp³-hybridized carbons (Fsp3) is 0.444. The summed E-state index contributed by atoms with van der Waals surface area (Å²) in [5.74, 6) is 0.762. The molecular weight excluding hydrogens is 232 g/mol. The molecule has 0 aliphatic heterocycles. The number of hydrogen-bond acceptors (Lipinski definition) is 3. The van der Waals surface area contributed by atoms with Gasteiger partial charge in [0, 0.05) is 21.1 Å². The molecule has 0 atom stereocenters. The number of rotatable bonds is 1. The van der Waals surface area contributed by atoms with E-state index in [0.29, 0.717) is 17.0 Å². The number of hydrogen-bond donors (Lipinski definition) is 0. The molecule has 16 heavy (non-hydrogen) atoms. The van der Waals surface area contributed by atoms with Crippen LogP contribution in [0.5, 0.6) is 0 Å². The molecule has 0 N–H and O–H groups in total. The maximum absolute atomic E-state index is 11.9. The number of aromatic nitrogens is 4. The Labute approximate surface area is 95.7 Å². The van der Waals surface area contributed by atoms with E-state index in [4.69, 9.17) is 11.6 Å². The highest BCUT2D eigenvalue weighted by atomic mass is 35.5. The van der Waals surface area contributed by atoms with Crippen molar-refractivity contribution < 1.29 is 0 Å². The summed E-state index contributed by atoms with van der Waals surface area (Å²) in [4.78, 5) is 27.7. The van der Waals surface area contributed by atoms with Crippen molar-refractivity contribution in [1.29, 1.82) is 0 Å². The Bertz CT molecular complexity index is 679. The fourth-order valence-electron chi connectivity index (χ4n) is 1.68. The lowest BCUT2D eigenvalue weighted by atomic mass is 10.5. The van der Waals surface area contributed by atoms with Crippen molar-refractivity contribution >= 4 is 22.8 Å². The van der Waals surface area contributed by atoms with Crippen LogP contribution in [0.1, 0.15) is 5.82 Å². The standard InChI is InChI=1S/C9H11ClN4O2/c1-12-5(4-10)11-7-6(12)8(15)14(3)9(16)13(7)2/h4H2,1-3H3. The average molecular weight is 243 g/mol. The molecule has 0 radical (unpaired) electrons. The Balaban J connectivity index is 3.13. The monoisotopic (exact) mass is 242 g/mol. The molecular formula is C9H11ClN4O2. The quantitative estimate of drug-likeness (QED) is 0.646. The molecule has 2 aromatic rings. The maximum Gasteiger partial charge on any atom is 0.332 e. The van der Waals surface area contributed by atoms with E-state index in [9.17, 15) is 9.59 Å². The lowest BCUT2D eigenvalue weighted by Gasteiger charge is -2.03. The normalized spacial score (nSPS) is 11.2. The Hall–Kier alpha value is -1.56. The summed E-state index contributed by atoms with van der Waals surface area (Å²) in [7, 11) is 4.73. The number of aryl methyl sites for hydroxylation is 2. The van der Waals surface area contributed by atoms with Crippen LogP contribution in [0.3, 0.4) is 0 Å². The molecule has 2 rings (SSSR count). The third-order valence-electron chi connectivity index (χ3n) is 2.69. The second kappa shape index (κ2) is 3.48. The predicted molar refractivity (Wildman–Crippen MR) is 60.8 cm³/mol. The van der Waals surface area contributed by atoms with E-state index in [1.165, 1.54) is 11.6 Å². The summed E-state index contributed by atoms with van der Waals surface area (Å²) >= 11 is 5.71. The Kier molecular flexibility index (Phi) is 2.38. The van der Waals surface area contributed by atoms with Crippen molar-refractivity contribution in [2.24, 2.45) is 21.1 Å². The van der Waals surface area contributed by atoms with E-state index < -0.39 is 5.69 Å². The summed E-state index contributed by atoms with van der Waals surface area (Å²) in [5.41, 5.74) is 0.00712. The van der Waals surface area contributed by atoms with Gasteiger partial charge in [-0.25, -0.2) is 9.78 Å². The first-order valence-electron chi connectivity index (χ1n) is 4.66. The minimum atomic E-state index is -0.392. The van der Waals surface area contributed by atoms with Crippen LogP contribution in [0.2, 0.25) is 0 Å². The van der Waals surface area contributed by atoms with E-state index in [-0.39, 0.29) is 11.4 Å². The molecule has 0 aliphatic rings. The largest absolute Gasteiger partial charge is 0.332 e. The first-order valence-corrected chi connectivity index (χ1v) is 5.19. The van der Waals surface area contributed by atoms with Crippen LogP contribution in [0.25, 0.3) is 11.2 Å². The third kappa shape index (κ3) is 1.23. The van der Waals surface area contributed by atoms with Crippen molar-refractivity contribution in [1.82, 2.24) is 18.7 Å². The van der Waals surface area contributed by atoms with Crippen molar-refractivity contribution in [2.45, 2.75) is 5.88 Å². The summed E-state index contributed by atoms with van der Waals surface area (Å²) in [6, 6.07) is 0. The van der Waals surface area contributed by atoms with Gasteiger partial charge in [0.2, 0.25) is 0 Å². The summed E-state index contributed by atoms with van der Waals surface area (Å²) in [5, 5.41) is 0. The molecule has 0 saturated carbocycles. The van der Waals surface area contributed by atoms with Crippen LogP contribution in [0.15, 0.2) is 9.59 Å². The molecule has 6 nitrogen and oxygen atoms in total. The van der Waals surface area contributed by atoms with Crippen LogP contribution >= 0.6 is 11.6 Å². The van der Waals surface area contributed by atoms with E-state index >= 15 is 0 Å². The van der Waals surface area contributed by atoms with Gasteiger partial charge in [-0.05, 0) is 0 Å². The summed E-state index contributed by atoms with van der Waals surface area (Å²) < 4.78 is 4.01. The topological polar surface area (TPSA) is 61.8 Å². The van der Waals surface area contributed by atoms with Crippen molar-refractivity contribution in [3.63, 3.8) is 0 Å². The molecule has 7 heteroatoms. The summed E-state index contributed by atoms with van der Waals surface area (Å²) in [6.07, 6.45) is 0. The van der Waals surface area contributed by atoms with Crippen LogP contribution in [-0.2, 0) is 27.0 Å². The van der Waals surface area contributed by atoms with Crippen molar-refractivity contribution in [3.05, 3.63) is 26.7 Å². The van der Waals surface area contributed by atoms with Gasteiger partial charge in [0.25, 0.3) is 5.56 Å². The number of halogens is 1. The molecule has 0 saturated heterocycles. The molecule has 0 aliphatic carbocycles. The number of alkyl halides is 1. The van der Waals surface area contributed by atoms with Crippen molar-refractivity contribution in [2.75, 3.05) is 0 Å². The van der Waals surface area contributed by atoms with Crippen LogP contribution in [0, 0.1) is 0 Å². The molecule has 0 aromatic carbocycles. The Morgan fingerprint density at radius 1 is 1.12 bits per heavy atom. The number of fused-ring (bicyclic) bond motifs is 1. The lowest BCUT2D eigenvalue weighted by Crippen LogP contribution is -2.37. The molecule has 0 fully saturated rings. The van der Waals surface area contributed by atoms with Crippen LogP contribution < -0.4 is 11.2 Å². The second-order valence-corrected chi connectivity index (χ2v) is 3.87. The van der Waals surface area contributed by atoms with Crippen molar-refractivity contribution in [3.8, 4) is 0 Å². The summed E-state index contributed by atoms with van der Waals surface area (Å²) in [6.45, 7) is 0. The minimum Gasteiger partial charge on any atom is -0.324 e. The van der Waals surface area contributed by atoms with Gasteiger partial charge in [-0.3, -0.25) is 13.9 Å². The first kappa shape index (κ1) is 10.9. The smallest absolute Gasteiger partial charge is 0.324 e. The molecule has 0 spiro atoms. The van der Waals surface area contributed by atoms with Crippen LogP contribution in [0.4, 0.5) is 0 Å². The van der Waals surface area contributed by atoms with Gasteiger partial charge in [-0.15, -0.1) is 11.6 Å². The number of imidazole rings is 1. The minimum absolute atomic E-state index is 0.197.